The van der Waals surface area contributed by atoms with Crippen molar-refractivity contribution in [3.63, 3.8) is 0 Å². The van der Waals surface area contributed by atoms with Crippen LogP contribution in [0.4, 0.5) is 0 Å². The van der Waals surface area contributed by atoms with Gasteiger partial charge in [0.2, 0.25) is 5.91 Å². The van der Waals surface area contributed by atoms with Gasteiger partial charge in [-0.2, -0.15) is 0 Å². The van der Waals surface area contributed by atoms with E-state index in [9.17, 15) is 9.59 Å². The molecule has 144 valence electrons. The molecule has 0 aliphatic carbocycles. The molecule has 6 nitrogen and oxygen atoms in total. The standard InChI is InChI=1S/C19H28ClN3O3/c1-3-14(2)17(21-18(25)15-4-6-16(20)7-5-15)19(26)23-10-8-22(9-11-23)12-13-24/h4-7,14,17,24H,3,8-13H2,1-2H3,(H,21,25). The highest BCUT2D eigenvalue weighted by atomic mass is 35.5. The molecule has 0 spiro atoms. The van der Waals surface area contributed by atoms with Crippen LogP contribution >= 0.6 is 11.6 Å². The van der Waals surface area contributed by atoms with Crippen LogP contribution in [0.25, 0.3) is 0 Å². The molecule has 1 heterocycles. The second-order valence-electron chi connectivity index (χ2n) is 6.73. The molecule has 2 amide bonds. The minimum atomic E-state index is -0.549. The van der Waals surface area contributed by atoms with Crippen LogP contribution in [0.3, 0.4) is 0 Å². The molecule has 2 unspecified atom stereocenters. The lowest BCUT2D eigenvalue weighted by atomic mass is 9.97. The smallest absolute Gasteiger partial charge is 0.251 e. The van der Waals surface area contributed by atoms with E-state index in [4.69, 9.17) is 16.7 Å². The SMILES string of the molecule is CCC(C)C(NC(=O)c1ccc(Cl)cc1)C(=O)N1CCN(CCO)CC1. The minimum absolute atomic E-state index is 0.0363. The normalized spacial score (nSPS) is 17.6. The number of halogens is 1. The Hall–Kier alpha value is -1.63. The molecule has 26 heavy (non-hydrogen) atoms. The Labute approximate surface area is 160 Å². The molecule has 1 fully saturated rings. The number of nitrogens with one attached hydrogen (secondary N) is 1. The largest absolute Gasteiger partial charge is 0.395 e. The van der Waals surface area contributed by atoms with Crippen molar-refractivity contribution in [1.29, 1.82) is 0 Å². The van der Waals surface area contributed by atoms with E-state index in [1.54, 1.807) is 24.3 Å². The van der Waals surface area contributed by atoms with Crippen LogP contribution in [0.5, 0.6) is 0 Å². The molecule has 1 aliphatic rings. The number of carbonyl (C=O) groups excluding carboxylic acids is 2. The van der Waals surface area contributed by atoms with Crippen molar-refractivity contribution in [3.05, 3.63) is 34.9 Å². The van der Waals surface area contributed by atoms with Crippen LogP contribution < -0.4 is 5.32 Å². The number of hydrogen-bond acceptors (Lipinski definition) is 4. The van der Waals surface area contributed by atoms with E-state index in [-0.39, 0.29) is 24.3 Å². The lowest BCUT2D eigenvalue weighted by molar-refractivity contribution is -0.136. The second-order valence-corrected chi connectivity index (χ2v) is 7.17. The molecule has 0 radical (unpaired) electrons. The number of amides is 2. The second kappa shape index (κ2) is 9.90. The third-order valence-electron chi connectivity index (χ3n) is 4.97. The van der Waals surface area contributed by atoms with Gasteiger partial charge in [0.1, 0.15) is 6.04 Å². The zero-order valence-electron chi connectivity index (χ0n) is 15.4. The van der Waals surface area contributed by atoms with Crippen molar-refractivity contribution in [2.24, 2.45) is 5.92 Å². The summed E-state index contributed by atoms with van der Waals surface area (Å²) in [7, 11) is 0. The summed E-state index contributed by atoms with van der Waals surface area (Å²) in [5, 5.41) is 12.5. The highest BCUT2D eigenvalue weighted by Gasteiger charge is 2.31. The van der Waals surface area contributed by atoms with Gasteiger partial charge >= 0.3 is 0 Å². The highest BCUT2D eigenvalue weighted by molar-refractivity contribution is 6.30. The predicted octanol–water partition coefficient (Wildman–Crippen LogP) is 1.62. The van der Waals surface area contributed by atoms with Crippen LogP contribution in [0, 0.1) is 5.92 Å². The van der Waals surface area contributed by atoms with Crippen molar-refractivity contribution in [2.75, 3.05) is 39.3 Å². The van der Waals surface area contributed by atoms with Gasteiger partial charge in [-0.15, -0.1) is 0 Å². The fraction of sp³-hybridized carbons (Fsp3) is 0.579. The molecular weight excluding hydrogens is 354 g/mol. The van der Waals surface area contributed by atoms with Gasteiger partial charge in [0.15, 0.2) is 0 Å². The lowest BCUT2D eigenvalue weighted by Gasteiger charge is -2.37. The first-order valence-corrected chi connectivity index (χ1v) is 9.52. The van der Waals surface area contributed by atoms with E-state index >= 15 is 0 Å². The monoisotopic (exact) mass is 381 g/mol. The first-order chi connectivity index (χ1) is 12.5. The predicted molar refractivity (Wildman–Crippen MR) is 102 cm³/mol. The van der Waals surface area contributed by atoms with Gasteiger partial charge in [-0.25, -0.2) is 0 Å². The van der Waals surface area contributed by atoms with Gasteiger partial charge in [-0.1, -0.05) is 31.9 Å². The maximum Gasteiger partial charge on any atom is 0.251 e. The fourth-order valence-corrected chi connectivity index (χ4v) is 3.16. The summed E-state index contributed by atoms with van der Waals surface area (Å²) in [5.41, 5.74) is 0.489. The molecule has 0 aromatic heterocycles. The summed E-state index contributed by atoms with van der Waals surface area (Å²) in [5.74, 6) is -0.265. The average Bonchev–Trinajstić information content (AvgIpc) is 2.66. The maximum absolute atomic E-state index is 13.0. The van der Waals surface area contributed by atoms with Crippen LogP contribution in [0.15, 0.2) is 24.3 Å². The van der Waals surface area contributed by atoms with Crippen molar-refractivity contribution in [3.8, 4) is 0 Å². The van der Waals surface area contributed by atoms with Crippen molar-refractivity contribution in [2.45, 2.75) is 26.3 Å². The Morgan fingerprint density at radius 2 is 1.81 bits per heavy atom. The number of piperazine rings is 1. The number of aliphatic hydroxyl groups is 1. The molecule has 7 heteroatoms. The van der Waals surface area contributed by atoms with Crippen molar-refractivity contribution in [1.82, 2.24) is 15.1 Å². The zero-order chi connectivity index (χ0) is 19.1. The van der Waals surface area contributed by atoms with Gasteiger partial charge in [0.25, 0.3) is 5.91 Å². The molecule has 2 N–H and O–H groups in total. The van der Waals surface area contributed by atoms with Crippen molar-refractivity contribution < 1.29 is 14.7 Å². The molecule has 2 atom stereocenters. The van der Waals surface area contributed by atoms with Crippen LogP contribution in [-0.2, 0) is 4.79 Å². The van der Waals surface area contributed by atoms with E-state index < -0.39 is 6.04 Å². The molecule has 1 aromatic rings. The lowest BCUT2D eigenvalue weighted by Crippen LogP contribution is -2.56. The Bertz CT molecular complexity index is 601. The first-order valence-electron chi connectivity index (χ1n) is 9.14. The van der Waals surface area contributed by atoms with Crippen LogP contribution in [-0.4, -0.2) is 72.1 Å². The van der Waals surface area contributed by atoms with Gasteiger partial charge in [-0.3, -0.25) is 14.5 Å². The Morgan fingerprint density at radius 3 is 2.35 bits per heavy atom. The van der Waals surface area contributed by atoms with Gasteiger partial charge < -0.3 is 15.3 Å². The summed E-state index contributed by atoms with van der Waals surface area (Å²) in [6.45, 7) is 7.45. The number of carbonyl (C=O) groups is 2. The van der Waals surface area contributed by atoms with E-state index in [1.807, 2.05) is 18.7 Å². The molecule has 1 saturated heterocycles. The molecule has 0 saturated carbocycles. The molecule has 2 rings (SSSR count). The molecule has 0 bridgehead atoms. The summed E-state index contributed by atoms with van der Waals surface area (Å²) in [4.78, 5) is 29.5. The third-order valence-corrected chi connectivity index (χ3v) is 5.22. The number of aliphatic hydroxyl groups excluding tert-OH is 1. The summed E-state index contributed by atoms with van der Waals surface area (Å²) < 4.78 is 0. The van der Waals surface area contributed by atoms with Crippen molar-refractivity contribution >= 4 is 23.4 Å². The van der Waals surface area contributed by atoms with Crippen LogP contribution in [0.1, 0.15) is 30.6 Å². The van der Waals surface area contributed by atoms with E-state index in [2.05, 4.69) is 10.2 Å². The number of rotatable bonds is 7. The van der Waals surface area contributed by atoms with Gasteiger partial charge in [0, 0.05) is 43.3 Å². The summed E-state index contributed by atoms with van der Waals surface area (Å²) >= 11 is 5.87. The highest BCUT2D eigenvalue weighted by Crippen LogP contribution is 2.15. The molecule has 1 aliphatic heterocycles. The van der Waals surface area contributed by atoms with E-state index in [0.717, 1.165) is 19.5 Å². The number of hydrogen-bond donors (Lipinski definition) is 2. The van der Waals surface area contributed by atoms with Gasteiger partial charge in [-0.05, 0) is 30.2 Å². The maximum atomic E-state index is 13.0. The minimum Gasteiger partial charge on any atom is -0.395 e. The number of β-amino-alcohol motifs (C(OH)–C–C–N with tert-alkyl or cyclic N) is 1. The van der Waals surface area contributed by atoms with Gasteiger partial charge in [0.05, 0.1) is 6.61 Å². The fourth-order valence-electron chi connectivity index (χ4n) is 3.04. The number of benzene rings is 1. The molecular formula is C19H28ClN3O3. The quantitative estimate of drug-likeness (QED) is 0.752. The Balaban J connectivity index is 2.03. The number of nitrogens with zero attached hydrogens (tertiary/aromatic N) is 2. The Kier molecular flexibility index (Phi) is 7.87. The topological polar surface area (TPSA) is 72.9 Å². The Morgan fingerprint density at radius 1 is 1.19 bits per heavy atom. The average molecular weight is 382 g/mol. The third kappa shape index (κ3) is 5.43. The van der Waals surface area contributed by atoms with E-state index in [1.165, 1.54) is 0 Å². The summed E-state index contributed by atoms with van der Waals surface area (Å²) in [6, 6.07) is 6.09. The summed E-state index contributed by atoms with van der Waals surface area (Å²) in [6.07, 6.45) is 0.793. The van der Waals surface area contributed by atoms with E-state index in [0.29, 0.717) is 30.2 Å². The zero-order valence-corrected chi connectivity index (χ0v) is 16.2. The first kappa shape index (κ1) is 20.7. The molecule has 1 aromatic carbocycles. The van der Waals surface area contributed by atoms with Crippen LogP contribution in [0.2, 0.25) is 5.02 Å².